The van der Waals surface area contributed by atoms with Crippen LogP contribution in [-0.4, -0.2) is 53.2 Å². The number of aromatic nitrogens is 4. The summed E-state index contributed by atoms with van der Waals surface area (Å²) >= 11 is 0. The van der Waals surface area contributed by atoms with Gasteiger partial charge in [-0.3, -0.25) is 0 Å². The summed E-state index contributed by atoms with van der Waals surface area (Å²) in [6, 6.07) is 8.52. The largest absolute Gasteiger partial charge is 0.467 e. The molecule has 0 spiro atoms. The van der Waals surface area contributed by atoms with Gasteiger partial charge < -0.3 is 14.4 Å². The zero-order valence-electron chi connectivity index (χ0n) is 13.8. The van der Waals surface area contributed by atoms with Crippen molar-refractivity contribution in [3.63, 3.8) is 0 Å². The molecule has 124 valence electrons. The monoisotopic (exact) mass is 325 g/mol. The molecule has 0 amide bonds. The molecular formula is C17H19N5O2. The van der Waals surface area contributed by atoms with Crippen LogP contribution in [0, 0.1) is 6.92 Å². The van der Waals surface area contributed by atoms with Crippen molar-refractivity contribution < 1.29 is 9.47 Å². The number of aryl methyl sites for hydroxylation is 1. The van der Waals surface area contributed by atoms with Crippen molar-refractivity contribution in [3.8, 4) is 11.8 Å². The molecular weight excluding hydrogens is 306 g/mol. The maximum absolute atomic E-state index is 5.42. The minimum Gasteiger partial charge on any atom is -0.467 e. The van der Waals surface area contributed by atoms with Crippen LogP contribution in [-0.2, 0) is 4.74 Å². The number of ether oxygens (including phenoxy) is 2. The predicted molar refractivity (Wildman–Crippen MR) is 91.0 cm³/mol. The summed E-state index contributed by atoms with van der Waals surface area (Å²) in [5, 5.41) is 5.58. The van der Waals surface area contributed by atoms with Crippen LogP contribution in [0.15, 0.2) is 30.5 Å². The zero-order valence-corrected chi connectivity index (χ0v) is 13.8. The minimum atomic E-state index is 0.338. The molecule has 4 rings (SSSR count). The molecule has 1 saturated heterocycles. The van der Waals surface area contributed by atoms with Gasteiger partial charge in [-0.2, -0.15) is 15.1 Å². The van der Waals surface area contributed by atoms with E-state index in [1.54, 1.807) is 7.11 Å². The number of methoxy groups -OCH3 is 1. The third-order valence-electron chi connectivity index (χ3n) is 4.14. The number of hydrogen-bond acceptors (Lipinski definition) is 6. The highest BCUT2D eigenvalue weighted by molar-refractivity contribution is 5.80. The van der Waals surface area contributed by atoms with Crippen molar-refractivity contribution in [3.05, 3.63) is 36.0 Å². The van der Waals surface area contributed by atoms with Gasteiger partial charge in [0.15, 0.2) is 5.82 Å². The lowest BCUT2D eigenvalue weighted by atomic mass is 10.2. The molecule has 0 radical (unpaired) electrons. The van der Waals surface area contributed by atoms with Gasteiger partial charge in [-0.1, -0.05) is 11.6 Å². The Morgan fingerprint density at radius 2 is 1.88 bits per heavy atom. The summed E-state index contributed by atoms with van der Waals surface area (Å²) in [5.41, 5.74) is 2.21. The Bertz CT molecular complexity index is 871. The Balaban J connectivity index is 1.81. The highest BCUT2D eigenvalue weighted by atomic mass is 16.5. The maximum atomic E-state index is 5.42. The Labute approximate surface area is 139 Å². The lowest BCUT2D eigenvalue weighted by Gasteiger charge is -2.28. The molecule has 0 atom stereocenters. The highest BCUT2D eigenvalue weighted by Crippen LogP contribution is 2.23. The summed E-state index contributed by atoms with van der Waals surface area (Å²) in [5.74, 6) is 1.53. The number of morpholine rings is 1. The average molecular weight is 325 g/mol. The van der Waals surface area contributed by atoms with Crippen LogP contribution >= 0.6 is 0 Å². The summed E-state index contributed by atoms with van der Waals surface area (Å²) in [4.78, 5) is 11.1. The van der Waals surface area contributed by atoms with Crippen LogP contribution < -0.4 is 9.64 Å². The van der Waals surface area contributed by atoms with Gasteiger partial charge in [0.05, 0.1) is 32.0 Å². The van der Waals surface area contributed by atoms with Crippen LogP contribution in [0.4, 0.5) is 5.82 Å². The SMILES string of the molecule is COc1nc(N2CCOCC2)cc(-n2ncc3cc(C)ccc32)n1. The van der Waals surface area contributed by atoms with E-state index in [4.69, 9.17) is 9.47 Å². The van der Waals surface area contributed by atoms with Gasteiger partial charge in [0.2, 0.25) is 0 Å². The molecule has 0 bridgehead atoms. The smallest absolute Gasteiger partial charge is 0.320 e. The number of hydrogen-bond donors (Lipinski definition) is 0. The average Bonchev–Trinajstić information content (AvgIpc) is 3.05. The molecule has 1 aliphatic heterocycles. The fourth-order valence-corrected chi connectivity index (χ4v) is 2.89. The first-order valence-electron chi connectivity index (χ1n) is 7.95. The first-order chi connectivity index (χ1) is 11.7. The first-order valence-corrected chi connectivity index (χ1v) is 7.95. The fraction of sp³-hybridized carbons (Fsp3) is 0.353. The van der Waals surface area contributed by atoms with Crippen LogP contribution in [0.2, 0.25) is 0 Å². The molecule has 0 N–H and O–H groups in total. The van der Waals surface area contributed by atoms with Crippen molar-refractivity contribution in [1.29, 1.82) is 0 Å². The second kappa shape index (κ2) is 6.09. The summed E-state index contributed by atoms with van der Waals surface area (Å²) in [7, 11) is 1.58. The molecule has 7 heteroatoms. The Kier molecular flexibility index (Phi) is 3.78. The highest BCUT2D eigenvalue weighted by Gasteiger charge is 2.17. The molecule has 0 saturated carbocycles. The normalized spacial score (nSPS) is 15.0. The topological polar surface area (TPSA) is 65.3 Å². The van der Waals surface area contributed by atoms with Crippen molar-refractivity contribution in [1.82, 2.24) is 19.7 Å². The Morgan fingerprint density at radius 1 is 1.08 bits per heavy atom. The van der Waals surface area contributed by atoms with E-state index in [1.807, 2.05) is 16.9 Å². The third-order valence-corrected chi connectivity index (χ3v) is 4.14. The quantitative estimate of drug-likeness (QED) is 0.733. The van der Waals surface area contributed by atoms with Crippen LogP contribution in [0.1, 0.15) is 5.56 Å². The van der Waals surface area contributed by atoms with Gasteiger partial charge in [-0.15, -0.1) is 0 Å². The van der Waals surface area contributed by atoms with Gasteiger partial charge in [0.25, 0.3) is 0 Å². The minimum absolute atomic E-state index is 0.338. The number of nitrogens with zero attached hydrogens (tertiary/aromatic N) is 5. The molecule has 1 aromatic carbocycles. The van der Waals surface area contributed by atoms with Crippen molar-refractivity contribution in [2.75, 3.05) is 38.3 Å². The van der Waals surface area contributed by atoms with Gasteiger partial charge in [-0.05, 0) is 19.1 Å². The fourth-order valence-electron chi connectivity index (χ4n) is 2.89. The van der Waals surface area contributed by atoms with E-state index in [2.05, 4.69) is 45.1 Å². The summed E-state index contributed by atoms with van der Waals surface area (Å²) in [6.45, 7) is 5.08. The standard InChI is InChI=1S/C17H19N5O2/c1-12-3-4-14-13(9-12)11-18-22(14)16-10-15(19-17(20-16)23-2)21-5-7-24-8-6-21/h3-4,9-11H,5-8H2,1-2H3. The van der Waals surface area contributed by atoms with Crippen LogP contribution in [0.25, 0.3) is 16.7 Å². The molecule has 0 unspecified atom stereocenters. The first kappa shape index (κ1) is 14.9. The molecule has 3 aromatic rings. The lowest BCUT2D eigenvalue weighted by molar-refractivity contribution is 0.122. The number of anilines is 1. The third kappa shape index (κ3) is 2.67. The molecule has 2 aromatic heterocycles. The molecule has 1 fully saturated rings. The molecule has 3 heterocycles. The van der Waals surface area contributed by atoms with E-state index < -0.39 is 0 Å². The predicted octanol–water partition coefficient (Wildman–Crippen LogP) is 1.97. The maximum Gasteiger partial charge on any atom is 0.320 e. The Morgan fingerprint density at radius 3 is 2.67 bits per heavy atom. The second-order valence-electron chi connectivity index (χ2n) is 5.79. The number of fused-ring (bicyclic) bond motifs is 1. The molecule has 7 nitrogen and oxygen atoms in total. The van der Waals surface area contributed by atoms with Crippen LogP contribution in [0.3, 0.4) is 0 Å². The Hall–Kier alpha value is -2.67. The molecule has 24 heavy (non-hydrogen) atoms. The number of rotatable bonds is 3. The lowest BCUT2D eigenvalue weighted by Crippen LogP contribution is -2.36. The van der Waals surface area contributed by atoms with E-state index in [1.165, 1.54) is 5.56 Å². The van der Waals surface area contributed by atoms with E-state index in [0.29, 0.717) is 25.0 Å². The van der Waals surface area contributed by atoms with Crippen LogP contribution in [0.5, 0.6) is 6.01 Å². The van der Waals surface area contributed by atoms with Gasteiger partial charge in [0.1, 0.15) is 5.82 Å². The summed E-state index contributed by atoms with van der Waals surface area (Å²) < 4.78 is 12.5. The van der Waals surface area contributed by atoms with E-state index in [9.17, 15) is 0 Å². The van der Waals surface area contributed by atoms with Gasteiger partial charge in [0, 0.05) is 24.5 Å². The molecule has 0 aliphatic carbocycles. The van der Waals surface area contributed by atoms with E-state index >= 15 is 0 Å². The van der Waals surface area contributed by atoms with Gasteiger partial charge >= 0.3 is 6.01 Å². The number of benzene rings is 1. The van der Waals surface area contributed by atoms with Crippen molar-refractivity contribution in [2.24, 2.45) is 0 Å². The molecule has 1 aliphatic rings. The zero-order chi connectivity index (χ0) is 16.5. The van der Waals surface area contributed by atoms with Gasteiger partial charge in [-0.25, -0.2) is 4.68 Å². The van der Waals surface area contributed by atoms with E-state index in [-0.39, 0.29) is 0 Å². The summed E-state index contributed by atoms with van der Waals surface area (Å²) in [6.07, 6.45) is 1.85. The van der Waals surface area contributed by atoms with Crippen molar-refractivity contribution >= 4 is 16.7 Å². The van der Waals surface area contributed by atoms with Crippen molar-refractivity contribution in [2.45, 2.75) is 6.92 Å². The second-order valence-corrected chi connectivity index (χ2v) is 5.79. The van der Waals surface area contributed by atoms with E-state index in [0.717, 1.165) is 29.8 Å².